The molecule has 18 heavy (non-hydrogen) atoms. The Kier molecular flexibility index (Phi) is 3.91. The van der Waals surface area contributed by atoms with Crippen LogP contribution in [0.3, 0.4) is 0 Å². The van der Waals surface area contributed by atoms with Crippen LogP contribution in [0.1, 0.15) is 5.56 Å². The van der Waals surface area contributed by atoms with Crippen molar-refractivity contribution in [2.75, 3.05) is 7.11 Å². The maximum absolute atomic E-state index is 12.1. The minimum Gasteiger partial charge on any atom is -0.463 e. The van der Waals surface area contributed by atoms with Gasteiger partial charge in [-0.1, -0.05) is 0 Å². The molecule has 0 fully saturated rings. The summed E-state index contributed by atoms with van der Waals surface area (Å²) in [6.45, 7) is -1.03. The van der Waals surface area contributed by atoms with Crippen molar-refractivity contribution in [2.24, 2.45) is 0 Å². The summed E-state index contributed by atoms with van der Waals surface area (Å²) in [6, 6.07) is 0.700. The zero-order valence-electron chi connectivity index (χ0n) is 8.89. The zero-order chi connectivity index (χ0) is 13.9. The molecule has 100 valence electrons. The number of aliphatic hydroxyl groups excluding tert-OH is 1. The Morgan fingerprint density at radius 3 is 2.56 bits per heavy atom. The van der Waals surface area contributed by atoms with Crippen molar-refractivity contribution in [1.82, 2.24) is 4.98 Å². The van der Waals surface area contributed by atoms with Crippen LogP contribution < -0.4 is 9.47 Å². The molecule has 0 bridgehead atoms. The molecule has 0 aliphatic heterocycles. The first kappa shape index (κ1) is 14.0. The van der Waals surface area contributed by atoms with Gasteiger partial charge in [-0.3, -0.25) is 0 Å². The summed E-state index contributed by atoms with van der Waals surface area (Å²) in [5.74, 6) is -2.32. The van der Waals surface area contributed by atoms with Gasteiger partial charge in [-0.05, 0) is 4.92 Å². The average Bonchev–Trinajstić information content (AvgIpc) is 2.25. The Morgan fingerprint density at radius 2 is 2.17 bits per heavy atom. The van der Waals surface area contributed by atoms with Gasteiger partial charge in [-0.25, -0.2) is 0 Å². The van der Waals surface area contributed by atoms with Crippen LogP contribution in [0.5, 0.6) is 11.6 Å². The number of hydrogen-bond donors (Lipinski definition) is 1. The van der Waals surface area contributed by atoms with Gasteiger partial charge in [0.2, 0.25) is 0 Å². The van der Waals surface area contributed by atoms with E-state index in [9.17, 15) is 23.3 Å². The number of alkyl halides is 3. The Labute approximate surface area is 97.9 Å². The molecule has 1 N–H and O–H groups in total. The van der Waals surface area contributed by atoms with Gasteiger partial charge in [0.1, 0.15) is 5.56 Å². The molecule has 0 saturated carbocycles. The molecule has 1 aromatic heterocycles. The second kappa shape index (κ2) is 5.04. The second-order valence-electron chi connectivity index (χ2n) is 2.93. The van der Waals surface area contributed by atoms with Crippen molar-refractivity contribution in [2.45, 2.75) is 13.0 Å². The normalized spacial score (nSPS) is 11.2. The molecule has 0 aliphatic carbocycles. The first-order valence-corrected chi connectivity index (χ1v) is 4.37. The molecule has 1 aromatic rings. The molecule has 0 saturated heterocycles. The van der Waals surface area contributed by atoms with E-state index in [0.717, 1.165) is 7.11 Å². The van der Waals surface area contributed by atoms with E-state index in [-0.39, 0.29) is 0 Å². The molecule has 1 heterocycles. The highest BCUT2D eigenvalue weighted by Crippen LogP contribution is 2.34. The van der Waals surface area contributed by atoms with Crippen LogP contribution >= 0.6 is 0 Å². The van der Waals surface area contributed by atoms with Gasteiger partial charge in [0.25, 0.3) is 0 Å². The third kappa shape index (κ3) is 3.20. The highest BCUT2D eigenvalue weighted by molar-refractivity contribution is 5.47. The van der Waals surface area contributed by atoms with E-state index < -0.39 is 40.9 Å². The first-order valence-electron chi connectivity index (χ1n) is 4.37. The van der Waals surface area contributed by atoms with Gasteiger partial charge >= 0.3 is 18.1 Å². The third-order valence-electron chi connectivity index (χ3n) is 1.80. The fourth-order valence-corrected chi connectivity index (χ4v) is 1.13. The van der Waals surface area contributed by atoms with Crippen molar-refractivity contribution in [3.05, 3.63) is 21.7 Å². The lowest BCUT2D eigenvalue weighted by Crippen LogP contribution is -2.19. The molecular formula is C8H7F3N2O5. The van der Waals surface area contributed by atoms with E-state index in [1.165, 1.54) is 0 Å². The van der Waals surface area contributed by atoms with E-state index in [4.69, 9.17) is 5.11 Å². The molecular weight excluding hydrogens is 261 g/mol. The molecule has 0 spiro atoms. The van der Waals surface area contributed by atoms with Crippen molar-refractivity contribution >= 4 is 5.82 Å². The Morgan fingerprint density at radius 1 is 1.56 bits per heavy atom. The maximum atomic E-state index is 12.1. The van der Waals surface area contributed by atoms with Crippen molar-refractivity contribution in [3.8, 4) is 11.6 Å². The fraction of sp³-hybridized carbons (Fsp3) is 0.375. The summed E-state index contributed by atoms with van der Waals surface area (Å²) in [5, 5.41) is 19.5. The number of halogens is 3. The number of nitro groups is 1. The third-order valence-corrected chi connectivity index (χ3v) is 1.80. The minimum absolute atomic E-state index is 0.432. The zero-order valence-corrected chi connectivity index (χ0v) is 8.89. The Hall–Kier alpha value is -2.10. The molecule has 0 unspecified atom stereocenters. The molecule has 0 atom stereocenters. The smallest absolute Gasteiger partial charge is 0.463 e. The number of aromatic nitrogens is 1. The summed E-state index contributed by atoms with van der Waals surface area (Å²) in [6.07, 6.45) is -5.05. The average molecular weight is 268 g/mol. The van der Waals surface area contributed by atoms with E-state index in [0.29, 0.717) is 6.07 Å². The van der Waals surface area contributed by atoms with E-state index in [2.05, 4.69) is 14.5 Å². The quantitative estimate of drug-likeness (QED) is 0.655. The lowest BCUT2D eigenvalue weighted by molar-refractivity contribution is -0.390. The number of hydrogen-bond acceptors (Lipinski definition) is 6. The van der Waals surface area contributed by atoms with Crippen LogP contribution in [0, 0.1) is 10.1 Å². The second-order valence-corrected chi connectivity index (χ2v) is 2.93. The van der Waals surface area contributed by atoms with E-state index >= 15 is 0 Å². The molecule has 0 radical (unpaired) electrons. The van der Waals surface area contributed by atoms with Crippen LogP contribution in [-0.2, 0) is 6.61 Å². The number of nitrogens with zero attached hydrogens (tertiary/aromatic N) is 2. The molecule has 10 heteroatoms. The number of rotatable bonds is 4. The fourth-order valence-electron chi connectivity index (χ4n) is 1.13. The summed E-state index contributed by atoms with van der Waals surface area (Å²) in [5.41, 5.74) is -0.682. The van der Waals surface area contributed by atoms with Gasteiger partial charge in [0, 0.05) is 4.98 Å². The lowest BCUT2D eigenvalue weighted by Gasteiger charge is -2.12. The Bertz CT molecular complexity index is 463. The lowest BCUT2D eigenvalue weighted by atomic mass is 10.2. The standard InChI is InChI=1S/C8H7F3N2O5/c1-17-6-2-5(18-8(9,10)11)4(3-14)7(12-6)13(15)16/h2,14H,3H2,1H3. The number of ether oxygens (including phenoxy) is 2. The van der Waals surface area contributed by atoms with Gasteiger partial charge in [0.15, 0.2) is 5.75 Å². The number of methoxy groups -OCH3 is 1. The van der Waals surface area contributed by atoms with Gasteiger partial charge in [0.05, 0.1) is 19.8 Å². The van der Waals surface area contributed by atoms with Crippen LogP contribution in [0.2, 0.25) is 0 Å². The van der Waals surface area contributed by atoms with Crippen molar-refractivity contribution in [1.29, 1.82) is 0 Å². The van der Waals surface area contributed by atoms with Crippen molar-refractivity contribution in [3.63, 3.8) is 0 Å². The first-order chi connectivity index (χ1) is 8.28. The van der Waals surface area contributed by atoms with Crippen LogP contribution in [0.25, 0.3) is 0 Å². The van der Waals surface area contributed by atoms with Crippen molar-refractivity contribution < 1.29 is 32.7 Å². The van der Waals surface area contributed by atoms with Crippen LogP contribution in [-0.4, -0.2) is 28.5 Å². The molecule has 0 aliphatic rings. The number of aliphatic hydroxyl groups is 1. The molecule has 0 aromatic carbocycles. The summed E-state index contributed by atoms with van der Waals surface area (Å²) in [7, 11) is 1.07. The van der Waals surface area contributed by atoms with E-state index in [1.54, 1.807) is 0 Å². The van der Waals surface area contributed by atoms with Gasteiger partial charge in [-0.2, -0.15) is 0 Å². The molecule has 1 rings (SSSR count). The predicted octanol–water partition coefficient (Wildman–Crippen LogP) is 1.39. The van der Waals surface area contributed by atoms with Gasteiger partial charge < -0.3 is 24.7 Å². The van der Waals surface area contributed by atoms with Crippen LogP contribution in [0.15, 0.2) is 6.07 Å². The topological polar surface area (TPSA) is 94.7 Å². The summed E-state index contributed by atoms with van der Waals surface area (Å²) >= 11 is 0. The minimum atomic E-state index is -5.05. The monoisotopic (exact) mass is 268 g/mol. The van der Waals surface area contributed by atoms with Crippen LogP contribution in [0.4, 0.5) is 19.0 Å². The maximum Gasteiger partial charge on any atom is 0.573 e. The Balaban J connectivity index is 3.37. The highest BCUT2D eigenvalue weighted by Gasteiger charge is 2.35. The number of pyridine rings is 1. The highest BCUT2D eigenvalue weighted by atomic mass is 19.4. The van der Waals surface area contributed by atoms with E-state index in [1.807, 2.05) is 0 Å². The molecule has 0 amide bonds. The molecule has 7 nitrogen and oxygen atoms in total. The predicted molar refractivity (Wildman–Crippen MR) is 50.0 cm³/mol. The summed E-state index contributed by atoms with van der Waals surface area (Å²) < 4.78 is 44.4. The van der Waals surface area contributed by atoms with Gasteiger partial charge in [-0.15, -0.1) is 13.2 Å². The summed E-state index contributed by atoms with van der Waals surface area (Å²) in [4.78, 5) is 12.9. The largest absolute Gasteiger partial charge is 0.573 e. The SMILES string of the molecule is COc1cc(OC(F)(F)F)c(CO)c([N+](=O)[O-])n1.